The summed E-state index contributed by atoms with van der Waals surface area (Å²) in [6, 6.07) is 0. The predicted octanol–water partition coefficient (Wildman–Crippen LogP) is 2.50. The van der Waals surface area contributed by atoms with E-state index < -0.39 is 0 Å². The Morgan fingerprint density at radius 1 is 1.42 bits per heavy atom. The first-order chi connectivity index (χ1) is 5.52. The lowest BCUT2D eigenvalue weighted by Gasteiger charge is -2.41. The monoisotopic (exact) mass is 187 g/mol. The van der Waals surface area contributed by atoms with Gasteiger partial charge in [0.15, 0.2) is 0 Å². The molecule has 1 heterocycles. The minimum absolute atomic E-state index is 0.426. The van der Waals surface area contributed by atoms with E-state index in [0.29, 0.717) is 10.8 Å². The highest BCUT2D eigenvalue weighted by Crippen LogP contribution is 2.51. The van der Waals surface area contributed by atoms with Crippen LogP contribution < -0.4 is 5.73 Å². The Morgan fingerprint density at radius 2 is 2.08 bits per heavy atom. The van der Waals surface area contributed by atoms with Gasteiger partial charge in [-0.3, -0.25) is 0 Å². The summed E-state index contributed by atoms with van der Waals surface area (Å²) in [6.07, 6.45) is 2.56. The van der Waals surface area contributed by atoms with Crippen LogP contribution in [0.1, 0.15) is 33.6 Å². The van der Waals surface area contributed by atoms with Gasteiger partial charge in [-0.1, -0.05) is 20.8 Å². The van der Waals surface area contributed by atoms with Crippen LogP contribution in [0.25, 0.3) is 0 Å². The van der Waals surface area contributed by atoms with Gasteiger partial charge in [-0.05, 0) is 41.7 Å². The zero-order valence-electron chi connectivity index (χ0n) is 8.52. The Bertz CT molecular complexity index is 142. The van der Waals surface area contributed by atoms with Crippen molar-refractivity contribution in [1.29, 1.82) is 0 Å². The van der Waals surface area contributed by atoms with Crippen LogP contribution in [-0.2, 0) is 0 Å². The van der Waals surface area contributed by atoms with Gasteiger partial charge in [0.2, 0.25) is 0 Å². The van der Waals surface area contributed by atoms with Gasteiger partial charge >= 0.3 is 0 Å². The van der Waals surface area contributed by atoms with Crippen LogP contribution >= 0.6 is 11.8 Å². The third-order valence-corrected chi connectivity index (χ3v) is 4.57. The van der Waals surface area contributed by atoms with E-state index in [1.165, 1.54) is 24.3 Å². The standard InChI is InChI=1S/C10H21NS/c1-9(2,3)10(4-6-11)5-7-12-8-10/h4-8,11H2,1-3H3. The maximum Gasteiger partial charge on any atom is -0.000502 e. The van der Waals surface area contributed by atoms with Gasteiger partial charge in [-0.2, -0.15) is 11.8 Å². The van der Waals surface area contributed by atoms with Crippen molar-refractivity contribution in [2.75, 3.05) is 18.1 Å². The summed E-state index contributed by atoms with van der Waals surface area (Å²) in [5.41, 5.74) is 6.63. The van der Waals surface area contributed by atoms with Crippen LogP contribution in [0.15, 0.2) is 0 Å². The Labute approximate surface area is 80.5 Å². The Kier molecular flexibility index (Phi) is 3.11. The number of thioether (sulfide) groups is 1. The molecule has 0 amide bonds. The van der Waals surface area contributed by atoms with Crippen LogP contribution in [0.3, 0.4) is 0 Å². The van der Waals surface area contributed by atoms with Crippen LogP contribution in [0.2, 0.25) is 0 Å². The van der Waals surface area contributed by atoms with Crippen molar-refractivity contribution in [3.05, 3.63) is 0 Å². The molecule has 1 rings (SSSR count). The molecule has 72 valence electrons. The molecule has 0 spiro atoms. The maximum absolute atomic E-state index is 5.68. The summed E-state index contributed by atoms with van der Waals surface area (Å²) in [5.74, 6) is 2.64. The van der Waals surface area contributed by atoms with Crippen LogP contribution in [-0.4, -0.2) is 18.1 Å². The Hall–Kier alpha value is 0.310. The van der Waals surface area contributed by atoms with E-state index in [9.17, 15) is 0 Å². The Morgan fingerprint density at radius 3 is 2.42 bits per heavy atom. The lowest BCUT2D eigenvalue weighted by Crippen LogP contribution is -2.37. The molecule has 1 unspecified atom stereocenters. The highest BCUT2D eigenvalue weighted by molar-refractivity contribution is 7.99. The third-order valence-electron chi connectivity index (χ3n) is 3.32. The first-order valence-electron chi connectivity index (χ1n) is 4.80. The van der Waals surface area contributed by atoms with E-state index >= 15 is 0 Å². The van der Waals surface area contributed by atoms with Crippen molar-refractivity contribution in [1.82, 2.24) is 0 Å². The number of rotatable bonds is 2. The van der Waals surface area contributed by atoms with Crippen LogP contribution in [0.4, 0.5) is 0 Å². The molecule has 1 fully saturated rings. The highest BCUT2D eigenvalue weighted by atomic mass is 32.2. The summed E-state index contributed by atoms with van der Waals surface area (Å²) < 4.78 is 0. The summed E-state index contributed by atoms with van der Waals surface area (Å²) in [4.78, 5) is 0. The molecule has 0 aromatic rings. The van der Waals surface area contributed by atoms with Crippen molar-refractivity contribution in [3.63, 3.8) is 0 Å². The smallest absolute Gasteiger partial charge is 0.000502 e. The highest BCUT2D eigenvalue weighted by Gasteiger charge is 2.43. The van der Waals surface area contributed by atoms with Gasteiger partial charge in [-0.15, -0.1) is 0 Å². The van der Waals surface area contributed by atoms with Crippen LogP contribution in [0, 0.1) is 10.8 Å². The molecule has 0 saturated carbocycles. The average molecular weight is 187 g/mol. The van der Waals surface area contributed by atoms with Crippen molar-refractivity contribution in [3.8, 4) is 0 Å². The topological polar surface area (TPSA) is 26.0 Å². The summed E-state index contributed by atoms with van der Waals surface area (Å²) in [6.45, 7) is 7.91. The third kappa shape index (κ3) is 1.80. The van der Waals surface area contributed by atoms with Crippen molar-refractivity contribution in [2.45, 2.75) is 33.6 Å². The average Bonchev–Trinajstić information content (AvgIpc) is 2.36. The summed E-state index contributed by atoms with van der Waals surface area (Å²) in [7, 11) is 0. The minimum Gasteiger partial charge on any atom is -0.330 e. The second-order valence-corrected chi connectivity index (χ2v) is 5.98. The Balaban J connectivity index is 2.72. The molecule has 1 saturated heterocycles. The molecule has 0 aromatic carbocycles. The molecule has 1 aliphatic heterocycles. The van der Waals surface area contributed by atoms with E-state index in [2.05, 4.69) is 32.5 Å². The SMILES string of the molecule is CC(C)(C)C1(CCN)CCSC1. The lowest BCUT2D eigenvalue weighted by molar-refractivity contribution is 0.108. The number of nitrogens with two attached hydrogens (primary N) is 1. The number of hydrogen-bond acceptors (Lipinski definition) is 2. The van der Waals surface area contributed by atoms with E-state index in [-0.39, 0.29) is 0 Å². The van der Waals surface area contributed by atoms with Crippen molar-refractivity contribution < 1.29 is 0 Å². The fraction of sp³-hybridized carbons (Fsp3) is 1.00. The van der Waals surface area contributed by atoms with Gasteiger partial charge in [-0.25, -0.2) is 0 Å². The molecular formula is C10H21NS. The van der Waals surface area contributed by atoms with Gasteiger partial charge in [0.25, 0.3) is 0 Å². The van der Waals surface area contributed by atoms with Gasteiger partial charge in [0.1, 0.15) is 0 Å². The molecule has 2 heteroatoms. The van der Waals surface area contributed by atoms with Gasteiger partial charge in [0.05, 0.1) is 0 Å². The molecule has 1 nitrogen and oxygen atoms in total. The van der Waals surface area contributed by atoms with Crippen molar-refractivity contribution >= 4 is 11.8 Å². The molecule has 0 aromatic heterocycles. The lowest BCUT2D eigenvalue weighted by atomic mass is 9.64. The second kappa shape index (κ2) is 3.59. The summed E-state index contributed by atoms with van der Waals surface area (Å²) in [5, 5.41) is 0. The second-order valence-electron chi connectivity index (χ2n) is 4.87. The van der Waals surface area contributed by atoms with Gasteiger partial charge in [0, 0.05) is 0 Å². The summed E-state index contributed by atoms with van der Waals surface area (Å²) >= 11 is 2.09. The fourth-order valence-electron chi connectivity index (χ4n) is 2.05. The molecule has 1 atom stereocenters. The zero-order chi connectivity index (χ0) is 9.24. The number of hydrogen-bond donors (Lipinski definition) is 1. The first-order valence-corrected chi connectivity index (χ1v) is 5.95. The predicted molar refractivity (Wildman–Crippen MR) is 57.5 cm³/mol. The van der Waals surface area contributed by atoms with E-state index in [0.717, 1.165) is 6.54 Å². The molecular weight excluding hydrogens is 166 g/mol. The molecule has 0 aliphatic carbocycles. The largest absolute Gasteiger partial charge is 0.330 e. The molecule has 12 heavy (non-hydrogen) atoms. The maximum atomic E-state index is 5.68. The molecule has 0 bridgehead atoms. The van der Waals surface area contributed by atoms with E-state index in [1.807, 2.05) is 0 Å². The van der Waals surface area contributed by atoms with E-state index in [1.54, 1.807) is 0 Å². The fourth-order valence-corrected chi connectivity index (χ4v) is 3.84. The van der Waals surface area contributed by atoms with E-state index in [4.69, 9.17) is 5.73 Å². The van der Waals surface area contributed by atoms with Crippen molar-refractivity contribution in [2.24, 2.45) is 16.6 Å². The minimum atomic E-state index is 0.426. The molecule has 2 N–H and O–H groups in total. The van der Waals surface area contributed by atoms with Gasteiger partial charge < -0.3 is 5.73 Å². The quantitative estimate of drug-likeness (QED) is 0.719. The first kappa shape index (κ1) is 10.4. The normalized spacial score (nSPS) is 31.0. The molecule has 1 aliphatic rings. The molecule has 0 radical (unpaired) electrons. The van der Waals surface area contributed by atoms with Crippen LogP contribution in [0.5, 0.6) is 0 Å². The zero-order valence-corrected chi connectivity index (χ0v) is 9.34.